The highest BCUT2D eigenvalue weighted by atomic mass is 79.9. The zero-order valence-electron chi connectivity index (χ0n) is 9.07. The van der Waals surface area contributed by atoms with Gasteiger partial charge < -0.3 is 5.11 Å². The summed E-state index contributed by atoms with van der Waals surface area (Å²) in [4.78, 5) is 4.27. The Hall–Kier alpha value is -0.710. The van der Waals surface area contributed by atoms with Gasteiger partial charge >= 0.3 is 0 Å². The summed E-state index contributed by atoms with van der Waals surface area (Å²) in [6.45, 7) is 3.79. The van der Waals surface area contributed by atoms with Crippen LogP contribution in [0.4, 0.5) is 0 Å². The minimum atomic E-state index is -1.02. The average Bonchev–Trinajstić information content (AvgIpc) is 2.66. The fourth-order valence-electron chi connectivity index (χ4n) is 1.48. The van der Waals surface area contributed by atoms with Crippen molar-refractivity contribution < 1.29 is 5.11 Å². The van der Waals surface area contributed by atoms with Crippen LogP contribution in [-0.2, 0) is 5.60 Å². The quantitative estimate of drug-likeness (QED) is 0.921. The van der Waals surface area contributed by atoms with E-state index in [0.29, 0.717) is 5.01 Å². The van der Waals surface area contributed by atoms with Crippen LogP contribution in [0.1, 0.15) is 23.1 Å². The smallest absolute Gasteiger partial charge is 0.138 e. The largest absolute Gasteiger partial charge is 0.378 e. The number of thiazole rings is 1. The van der Waals surface area contributed by atoms with E-state index in [1.165, 1.54) is 16.9 Å². The third-order valence-corrected chi connectivity index (χ3v) is 4.27. The third kappa shape index (κ3) is 2.19. The summed E-state index contributed by atoms with van der Waals surface area (Å²) >= 11 is 4.74. The van der Waals surface area contributed by atoms with E-state index in [-0.39, 0.29) is 0 Å². The number of aryl methyl sites for hydroxylation is 1. The number of hydrogen-bond donors (Lipinski definition) is 1. The summed E-state index contributed by atoms with van der Waals surface area (Å²) in [7, 11) is 0. The fourth-order valence-corrected chi connectivity index (χ4v) is 2.81. The van der Waals surface area contributed by atoms with Gasteiger partial charge in [-0.05, 0) is 35.3 Å². The Kier molecular flexibility index (Phi) is 3.15. The van der Waals surface area contributed by atoms with Crippen LogP contribution in [-0.4, -0.2) is 10.1 Å². The van der Waals surface area contributed by atoms with Crippen molar-refractivity contribution in [2.24, 2.45) is 0 Å². The van der Waals surface area contributed by atoms with E-state index in [2.05, 4.69) is 20.9 Å². The summed E-state index contributed by atoms with van der Waals surface area (Å²) < 4.78 is 0.764. The summed E-state index contributed by atoms with van der Waals surface area (Å²) in [5, 5.41) is 13.1. The molecule has 0 aliphatic rings. The number of benzene rings is 1. The van der Waals surface area contributed by atoms with E-state index >= 15 is 0 Å². The monoisotopic (exact) mass is 297 g/mol. The maximum Gasteiger partial charge on any atom is 0.138 e. The molecule has 0 spiro atoms. The van der Waals surface area contributed by atoms with Gasteiger partial charge in [0.25, 0.3) is 0 Å². The lowest BCUT2D eigenvalue weighted by Crippen LogP contribution is -2.22. The van der Waals surface area contributed by atoms with E-state index in [9.17, 15) is 5.11 Å². The SMILES string of the molecule is Cc1ccc(C(C)(O)c2nc(Br)cs2)cc1. The Morgan fingerprint density at radius 3 is 2.44 bits per heavy atom. The van der Waals surface area contributed by atoms with Gasteiger partial charge in [0.1, 0.15) is 15.2 Å². The van der Waals surface area contributed by atoms with Crippen LogP contribution in [0.25, 0.3) is 0 Å². The molecule has 0 saturated carbocycles. The van der Waals surface area contributed by atoms with Crippen molar-refractivity contribution >= 4 is 27.3 Å². The highest BCUT2D eigenvalue weighted by molar-refractivity contribution is 9.10. The molecule has 0 saturated heterocycles. The Morgan fingerprint density at radius 2 is 1.94 bits per heavy atom. The van der Waals surface area contributed by atoms with Crippen LogP contribution < -0.4 is 0 Å². The maximum atomic E-state index is 10.5. The molecule has 84 valence electrons. The van der Waals surface area contributed by atoms with Crippen molar-refractivity contribution in [1.82, 2.24) is 4.98 Å². The van der Waals surface area contributed by atoms with Crippen molar-refractivity contribution in [1.29, 1.82) is 0 Å². The van der Waals surface area contributed by atoms with Gasteiger partial charge in [-0.2, -0.15) is 0 Å². The Bertz CT molecular complexity index is 490. The fraction of sp³-hybridized carbons (Fsp3) is 0.250. The van der Waals surface area contributed by atoms with E-state index in [1.54, 1.807) is 6.92 Å². The Balaban J connectivity index is 2.42. The Labute approximate surface area is 107 Å². The van der Waals surface area contributed by atoms with Gasteiger partial charge in [0, 0.05) is 5.38 Å². The molecule has 2 aromatic rings. The van der Waals surface area contributed by atoms with Gasteiger partial charge in [-0.15, -0.1) is 11.3 Å². The first kappa shape index (κ1) is 11.8. The van der Waals surface area contributed by atoms with Crippen LogP contribution >= 0.6 is 27.3 Å². The van der Waals surface area contributed by atoms with E-state index in [4.69, 9.17) is 0 Å². The van der Waals surface area contributed by atoms with Crippen molar-refractivity contribution in [3.8, 4) is 0 Å². The highest BCUT2D eigenvalue weighted by Crippen LogP contribution is 2.32. The molecule has 2 rings (SSSR count). The third-order valence-electron chi connectivity index (χ3n) is 2.51. The summed E-state index contributed by atoms with van der Waals surface area (Å²) in [6, 6.07) is 7.86. The molecule has 1 N–H and O–H groups in total. The maximum absolute atomic E-state index is 10.5. The molecular formula is C12H12BrNOS. The van der Waals surface area contributed by atoms with E-state index in [1.807, 2.05) is 36.6 Å². The minimum Gasteiger partial charge on any atom is -0.378 e. The molecule has 0 bridgehead atoms. The first-order chi connectivity index (χ1) is 7.50. The number of nitrogens with zero attached hydrogens (tertiary/aromatic N) is 1. The van der Waals surface area contributed by atoms with E-state index < -0.39 is 5.60 Å². The average molecular weight is 298 g/mol. The second-order valence-corrected chi connectivity index (χ2v) is 5.58. The molecule has 4 heteroatoms. The molecule has 0 aliphatic carbocycles. The standard InChI is InChI=1S/C12H12BrNOS/c1-8-3-5-9(6-4-8)12(2,15)11-14-10(13)7-16-11/h3-7,15H,1-2H3. The van der Waals surface area contributed by atoms with Crippen molar-refractivity contribution in [2.45, 2.75) is 19.4 Å². The lowest BCUT2D eigenvalue weighted by Gasteiger charge is -2.21. The van der Waals surface area contributed by atoms with Crippen molar-refractivity contribution in [3.63, 3.8) is 0 Å². The van der Waals surface area contributed by atoms with Crippen LogP contribution in [0.15, 0.2) is 34.2 Å². The molecular weight excluding hydrogens is 286 g/mol. The van der Waals surface area contributed by atoms with Crippen molar-refractivity contribution in [2.75, 3.05) is 0 Å². The molecule has 1 aromatic heterocycles. The van der Waals surface area contributed by atoms with Gasteiger partial charge in [-0.3, -0.25) is 0 Å². The molecule has 0 radical (unpaired) electrons. The molecule has 1 heterocycles. The minimum absolute atomic E-state index is 0.697. The number of aromatic nitrogens is 1. The highest BCUT2D eigenvalue weighted by Gasteiger charge is 2.28. The van der Waals surface area contributed by atoms with Gasteiger partial charge in [-0.1, -0.05) is 29.8 Å². The second kappa shape index (κ2) is 4.28. The van der Waals surface area contributed by atoms with Crippen LogP contribution in [0.2, 0.25) is 0 Å². The Morgan fingerprint density at radius 1 is 1.31 bits per heavy atom. The van der Waals surface area contributed by atoms with Crippen LogP contribution in [0, 0.1) is 6.92 Å². The molecule has 1 unspecified atom stereocenters. The van der Waals surface area contributed by atoms with Gasteiger partial charge in [0.2, 0.25) is 0 Å². The first-order valence-corrected chi connectivity index (χ1v) is 6.58. The van der Waals surface area contributed by atoms with Crippen LogP contribution in [0.5, 0.6) is 0 Å². The summed E-state index contributed by atoms with van der Waals surface area (Å²) in [6.07, 6.45) is 0. The molecule has 0 aliphatic heterocycles. The van der Waals surface area contributed by atoms with Gasteiger partial charge in [0.15, 0.2) is 0 Å². The van der Waals surface area contributed by atoms with Crippen molar-refractivity contribution in [3.05, 3.63) is 50.4 Å². The van der Waals surface area contributed by atoms with Crippen LogP contribution in [0.3, 0.4) is 0 Å². The molecule has 1 atom stereocenters. The molecule has 0 fully saturated rings. The normalized spacial score (nSPS) is 14.8. The lowest BCUT2D eigenvalue weighted by molar-refractivity contribution is 0.102. The topological polar surface area (TPSA) is 33.1 Å². The number of aliphatic hydroxyl groups is 1. The molecule has 1 aromatic carbocycles. The zero-order valence-corrected chi connectivity index (χ0v) is 11.5. The van der Waals surface area contributed by atoms with Gasteiger partial charge in [-0.25, -0.2) is 4.98 Å². The first-order valence-electron chi connectivity index (χ1n) is 4.91. The molecule has 2 nitrogen and oxygen atoms in total. The van der Waals surface area contributed by atoms with Gasteiger partial charge in [0.05, 0.1) is 0 Å². The predicted molar refractivity (Wildman–Crippen MR) is 69.7 cm³/mol. The number of hydrogen-bond acceptors (Lipinski definition) is 3. The molecule has 0 amide bonds. The molecule has 16 heavy (non-hydrogen) atoms. The van der Waals surface area contributed by atoms with E-state index in [0.717, 1.165) is 10.2 Å². The number of halogens is 1. The number of rotatable bonds is 2. The summed E-state index contributed by atoms with van der Waals surface area (Å²) in [5.74, 6) is 0. The zero-order chi connectivity index (χ0) is 11.8. The lowest BCUT2D eigenvalue weighted by atomic mass is 9.96. The second-order valence-electron chi connectivity index (χ2n) is 3.91. The summed E-state index contributed by atoms with van der Waals surface area (Å²) in [5.41, 5.74) is 1.02. The predicted octanol–water partition coefficient (Wildman–Crippen LogP) is 3.47.